The molecule has 0 aliphatic carbocycles. The van der Waals surface area contributed by atoms with Gasteiger partial charge in [0, 0.05) is 79.5 Å². The van der Waals surface area contributed by atoms with Crippen molar-refractivity contribution in [2.75, 3.05) is 43.9 Å². The van der Waals surface area contributed by atoms with Crippen molar-refractivity contribution in [1.29, 1.82) is 0 Å². The second-order valence-electron chi connectivity index (χ2n) is 10.1. The smallest absolute Gasteiger partial charge is 0.355 e. The van der Waals surface area contributed by atoms with E-state index in [1.54, 1.807) is 36.8 Å². The van der Waals surface area contributed by atoms with Crippen molar-refractivity contribution in [2.45, 2.75) is 19.6 Å². The van der Waals surface area contributed by atoms with Gasteiger partial charge in [0.1, 0.15) is 6.33 Å². The number of aryl methyl sites for hydroxylation is 1. The van der Waals surface area contributed by atoms with E-state index >= 15 is 0 Å². The highest BCUT2D eigenvalue weighted by molar-refractivity contribution is 6.04. The molecule has 1 amide bonds. The molecule has 12 heteroatoms. The number of pyridine rings is 1. The molecule has 0 bridgehead atoms. The fourth-order valence-electron chi connectivity index (χ4n) is 4.66. The number of halogens is 4. The Bertz CT molecular complexity index is 1530. The Kier molecular flexibility index (Phi) is 9.77. The van der Waals surface area contributed by atoms with Gasteiger partial charge < -0.3 is 15.5 Å². The lowest BCUT2D eigenvalue weighted by molar-refractivity contribution is -0.138. The molecule has 3 heterocycles. The molecule has 0 radical (unpaired) electrons. The van der Waals surface area contributed by atoms with Gasteiger partial charge in [-0.1, -0.05) is 12.1 Å². The highest BCUT2D eigenvalue weighted by atomic mass is 35.5. The predicted octanol–water partition coefficient (Wildman–Crippen LogP) is 6.03. The molecule has 1 aliphatic rings. The minimum atomic E-state index is -4.57. The summed E-state index contributed by atoms with van der Waals surface area (Å²) in [7, 11) is 2.00. The van der Waals surface area contributed by atoms with Crippen LogP contribution in [0.15, 0.2) is 73.4 Å². The molecule has 0 saturated carbocycles. The maximum Gasteiger partial charge on any atom is 0.416 e. The molecule has 1 aliphatic heterocycles. The van der Waals surface area contributed by atoms with E-state index < -0.39 is 17.6 Å². The van der Waals surface area contributed by atoms with E-state index in [4.69, 9.17) is 0 Å². The van der Waals surface area contributed by atoms with E-state index in [0.717, 1.165) is 41.7 Å². The van der Waals surface area contributed by atoms with Gasteiger partial charge in [-0.15, -0.1) is 12.4 Å². The Balaban J connectivity index is 0.00000405. The number of hydrogen-bond donors (Lipinski definition) is 2. The summed E-state index contributed by atoms with van der Waals surface area (Å²) in [6.07, 6.45) is 1.88. The molecule has 42 heavy (non-hydrogen) atoms. The van der Waals surface area contributed by atoms with Crippen LogP contribution in [0, 0.1) is 6.92 Å². The maximum atomic E-state index is 14.0. The third-order valence-corrected chi connectivity index (χ3v) is 7.06. The standard InChI is InChI=1S/C30H30F3N7O.ClH/c1-20-3-6-24(14-27(20)37-25-7-8-36-28(15-25)23-16-34-19-35-17-23)38-29(41)21-4-5-22(26(13-21)30(31,32)33)18-40-11-9-39(2)10-12-40;/h3-8,13-17,19H,9-12,18H2,1-2H3,(H,36,37)(H,38,41);1H. The van der Waals surface area contributed by atoms with Crippen LogP contribution in [0.1, 0.15) is 27.0 Å². The van der Waals surface area contributed by atoms with Gasteiger partial charge >= 0.3 is 6.18 Å². The van der Waals surface area contributed by atoms with Gasteiger partial charge in [-0.3, -0.25) is 14.7 Å². The molecular weight excluding hydrogens is 567 g/mol. The Hall–Kier alpha value is -4.06. The minimum Gasteiger partial charge on any atom is -0.355 e. The number of carbonyl (C=O) groups excluding carboxylic acids is 1. The summed E-state index contributed by atoms with van der Waals surface area (Å²) in [4.78, 5) is 29.6. The first kappa shape index (κ1) is 30.9. The Morgan fingerprint density at radius 2 is 1.69 bits per heavy atom. The Morgan fingerprint density at radius 3 is 2.40 bits per heavy atom. The zero-order chi connectivity index (χ0) is 29.0. The summed E-state index contributed by atoms with van der Waals surface area (Å²) in [5, 5.41) is 6.07. The number of amides is 1. The average molecular weight is 598 g/mol. The van der Waals surface area contributed by atoms with Gasteiger partial charge in [0.2, 0.25) is 0 Å². The number of piperazine rings is 1. The van der Waals surface area contributed by atoms with Crippen LogP contribution < -0.4 is 10.6 Å². The average Bonchev–Trinajstić information content (AvgIpc) is 2.96. The summed E-state index contributed by atoms with van der Waals surface area (Å²) in [5.41, 5.74) is 3.63. The zero-order valence-electron chi connectivity index (χ0n) is 23.2. The van der Waals surface area contributed by atoms with Crippen molar-refractivity contribution in [1.82, 2.24) is 24.8 Å². The quantitative estimate of drug-likeness (QED) is 0.269. The number of nitrogens with one attached hydrogen (secondary N) is 2. The van der Waals surface area contributed by atoms with Gasteiger partial charge in [0.25, 0.3) is 5.91 Å². The first-order chi connectivity index (χ1) is 19.7. The van der Waals surface area contributed by atoms with Crippen molar-refractivity contribution in [2.24, 2.45) is 0 Å². The summed E-state index contributed by atoms with van der Waals surface area (Å²) in [5.74, 6) is -0.619. The van der Waals surface area contributed by atoms with E-state index in [1.165, 1.54) is 18.5 Å². The van der Waals surface area contributed by atoms with Crippen LogP contribution in [0.4, 0.5) is 30.2 Å². The number of likely N-dealkylation sites (N-methyl/N-ethyl adjacent to an activating group) is 1. The Labute approximate surface area is 248 Å². The lowest BCUT2D eigenvalue weighted by Gasteiger charge is -2.33. The lowest BCUT2D eigenvalue weighted by Crippen LogP contribution is -2.44. The molecule has 0 atom stereocenters. The maximum absolute atomic E-state index is 14.0. The first-order valence-electron chi connectivity index (χ1n) is 13.2. The molecule has 2 aromatic carbocycles. The van der Waals surface area contributed by atoms with Crippen molar-refractivity contribution in [3.05, 3.63) is 95.7 Å². The van der Waals surface area contributed by atoms with E-state index in [2.05, 4.69) is 30.5 Å². The molecule has 2 N–H and O–H groups in total. The van der Waals surface area contributed by atoms with Gasteiger partial charge in [-0.2, -0.15) is 13.2 Å². The van der Waals surface area contributed by atoms with Gasteiger partial charge in [-0.05, 0) is 61.5 Å². The van der Waals surface area contributed by atoms with Crippen molar-refractivity contribution in [3.8, 4) is 11.3 Å². The number of anilines is 3. The first-order valence-corrected chi connectivity index (χ1v) is 13.2. The molecule has 220 valence electrons. The summed E-state index contributed by atoms with van der Waals surface area (Å²) in [6, 6.07) is 12.7. The van der Waals surface area contributed by atoms with Crippen molar-refractivity contribution < 1.29 is 18.0 Å². The lowest BCUT2D eigenvalue weighted by atomic mass is 10.0. The van der Waals surface area contributed by atoms with Crippen LogP contribution in [0.2, 0.25) is 0 Å². The molecular formula is C30H31ClF3N7O. The number of carbonyl (C=O) groups is 1. The monoisotopic (exact) mass is 597 g/mol. The highest BCUT2D eigenvalue weighted by Gasteiger charge is 2.34. The third kappa shape index (κ3) is 7.61. The normalized spacial score (nSPS) is 14.2. The summed E-state index contributed by atoms with van der Waals surface area (Å²) >= 11 is 0. The van der Waals surface area contributed by atoms with Crippen molar-refractivity contribution >= 4 is 35.4 Å². The topological polar surface area (TPSA) is 86.3 Å². The van der Waals surface area contributed by atoms with Gasteiger partial charge in [0.15, 0.2) is 0 Å². The van der Waals surface area contributed by atoms with Gasteiger partial charge in [0.05, 0.1) is 11.3 Å². The molecule has 0 spiro atoms. The van der Waals surface area contributed by atoms with E-state index in [1.807, 2.05) is 31.0 Å². The van der Waals surface area contributed by atoms with Crippen LogP contribution >= 0.6 is 12.4 Å². The molecule has 5 rings (SSSR count). The molecule has 8 nitrogen and oxygen atoms in total. The van der Waals surface area contributed by atoms with Crippen LogP contribution in [0.3, 0.4) is 0 Å². The number of benzene rings is 2. The summed E-state index contributed by atoms with van der Waals surface area (Å²) < 4.78 is 42.0. The molecule has 2 aromatic heterocycles. The van der Waals surface area contributed by atoms with Crippen LogP contribution in [0.5, 0.6) is 0 Å². The predicted molar refractivity (Wildman–Crippen MR) is 159 cm³/mol. The van der Waals surface area contributed by atoms with Gasteiger partial charge in [-0.25, -0.2) is 9.97 Å². The van der Waals surface area contributed by atoms with E-state index in [-0.39, 0.29) is 30.1 Å². The molecule has 1 saturated heterocycles. The second-order valence-corrected chi connectivity index (χ2v) is 10.1. The van der Waals surface area contributed by atoms with E-state index in [0.29, 0.717) is 24.5 Å². The molecule has 1 fully saturated rings. The zero-order valence-corrected chi connectivity index (χ0v) is 24.0. The number of aromatic nitrogens is 3. The third-order valence-electron chi connectivity index (χ3n) is 7.06. The van der Waals surface area contributed by atoms with E-state index in [9.17, 15) is 18.0 Å². The largest absolute Gasteiger partial charge is 0.416 e. The minimum absolute atomic E-state index is 0. The number of alkyl halides is 3. The number of rotatable bonds is 7. The van der Waals surface area contributed by atoms with Crippen LogP contribution in [-0.2, 0) is 12.7 Å². The number of nitrogens with zero attached hydrogens (tertiary/aromatic N) is 5. The fraction of sp³-hybridized carbons (Fsp3) is 0.267. The summed E-state index contributed by atoms with van der Waals surface area (Å²) in [6.45, 7) is 5.10. The second kappa shape index (κ2) is 13.3. The molecule has 0 unspecified atom stereocenters. The fourth-order valence-corrected chi connectivity index (χ4v) is 4.66. The highest BCUT2D eigenvalue weighted by Crippen LogP contribution is 2.34. The number of hydrogen-bond acceptors (Lipinski definition) is 7. The SMILES string of the molecule is Cc1ccc(NC(=O)c2ccc(CN3CCN(C)CC3)c(C(F)(F)F)c2)cc1Nc1ccnc(-c2cncnc2)c1.Cl. The Morgan fingerprint density at radius 1 is 0.952 bits per heavy atom. The van der Waals surface area contributed by atoms with Crippen LogP contribution in [0.25, 0.3) is 11.3 Å². The van der Waals surface area contributed by atoms with Crippen molar-refractivity contribution in [3.63, 3.8) is 0 Å². The van der Waals surface area contributed by atoms with Crippen LogP contribution in [-0.4, -0.2) is 63.9 Å². The molecule has 4 aromatic rings.